The van der Waals surface area contributed by atoms with E-state index in [1.54, 1.807) is 19.4 Å². The Balaban J connectivity index is 1.34. The van der Waals surface area contributed by atoms with Gasteiger partial charge in [0.2, 0.25) is 0 Å². The zero-order valence-electron chi connectivity index (χ0n) is 28.1. The van der Waals surface area contributed by atoms with Gasteiger partial charge in [0.05, 0.1) is 34.7 Å². The van der Waals surface area contributed by atoms with Crippen LogP contribution in [0.25, 0.3) is 0 Å². The summed E-state index contributed by atoms with van der Waals surface area (Å²) in [5.74, 6) is 4.92. The lowest BCUT2D eigenvalue weighted by Gasteiger charge is -2.50. The standard InChI is InChI=1S/C37H46ClN5O4S/c1-25-7-5-16-37(46-3,23-43-18-17-39-41-43)32-12-9-29(32)21-42-22-36(15-6-8-27-19-30(38)11-13-31(27)36)24-47-34-14-10-28(20-33(34)42)35(44)40-48(4,45)26(25)2/h5,10-11,13-14,16-20,25-26,29,32H,4,6-9,12,15,21-24H2,1-3H3,(H,40,44,45)/b16-5+/t25-,26+,29-,32+,36-,37-,48?/m0/s1. The number of methoxy groups -OCH3 is 1. The van der Waals surface area contributed by atoms with Crippen molar-refractivity contribution in [1.29, 1.82) is 0 Å². The van der Waals surface area contributed by atoms with Crippen LogP contribution in [0, 0.1) is 17.8 Å². The van der Waals surface area contributed by atoms with Crippen molar-refractivity contribution in [2.24, 2.45) is 17.8 Å². The molecule has 11 heteroatoms. The number of aryl methyl sites for hydroxylation is 1. The van der Waals surface area contributed by atoms with E-state index in [9.17, 15) is 9.00 Å². The molecule has 3 aromatic rings. The normalized spacial score (nSPS) is 34.2. The fourth-order valence-corrected chi connectivity index (χ4v) is 10.1. The van der Waals surface area contributed by atoms with Gasteiger partial charge in [-0.25, -0.2) is 8.89 Å². The van der Waals surface area contributed by atoms with Gasteiger partial charge in [0.1, 0.15) is 11.4 Å². The fraction of sp³-hybridized carbons (Fsp3) is 0.514. The molecule has 4 aliphatic rings. The summed E-state index contributed by atoms with van der Waals surface area (Å²) in [5, 5.41) is 8.78. The van der Waals surface area contributed by atoms with Crippen molar-refractivity contribution in [1.82, 2.24) is 19.7 Å². The fourth-order valence-electron chi connectivity index (χ4n) is 8.47. The topological polar surface area (TPSA) is 98.6 Å². The summed E-state index contributed by atoms with van der Waals surface area (Å²) < 4.78 is 31.7. The summed E-state index contributed by atoms with van der Waals surface area (Å²) in [6.07, 6.45) is 13.7. The lowest BCUT2D eigenvalue weighted by atomic mass is 9.63. The van der Waals surface area contributed by atoms with Gasteiger partial charge >= 0.3 is 0 Å². The second-order valence-electron chi connectivity index (χ2n) is 14.5. The van der Waals surface area contributed by atoms with Gasteiger partial charge in [-0.15, -0.1) is 5.10 Å². The third-order valence-electron chi connectivity index (χ3n) is 11.6. The van der Waals surface area contributed by atoms with Crippen LogP contribution in [0.15, 0.2) is 60.9 Å². The molecule has 256 valence electrons. The Morgan fingerprint density at radius 3 is 2.81 bits per heavy atom. The molecule has 2 aliphatic carbocycles. The van der Waals surface area contributed by atoms with E-state index in [0.29, 0.717) is 31.1 Å². The smallest absolute Gasteiger partial charge is 0.262 e. The maximum atomic E-state index is 13.9. The highest BCUT2D eigenvalue weighted by molar-refractivity contribution is 7.99. The van der Waals surface area contributed by atoms with Gasteiger partial charge in [0, 0.05) is 47.6 Å². The number of halogens is 1. The summed E-state index contributed by atoms with van der Waals surface area (Å²) >= 11 is 6.47. The molecule has 1 amide bonds. The molecular weight excluding hydrogens is 646 g/mol. The molecule has 0 saturated heterocycles. The molecule has 2 aromatic carbocycles. The molecule has 9 nitrogen and oxygen atoms in total. The zero-order chi connectivity index (χ0) is 33.7. The van der Waals surface area contributed by atoms with E-state index < -0.39 is 15.3 Å². The van der Waals surface area contributed by atoms with Crippen LogP contribution in [0.2, 0.25) is 5.02 Å². The van der Waals surface area contributed by atoms with E-state index in [2.05, 4.69) is 57.0 Å². The Kier molecular flexibility index (Phi) is 8.87. The molecule has 7 atom stereocenters. The summed E-state index contributed by atoms with van der Waals surface area (Å²) in [6, 6.07) is 11.9. The van der Waals surface area contributed by atoms with Crippen molar-refractivity contribution in [3.8, 4) is 5.75 Å². The highest BCUT2D eigenvalue weighted by Crippen LogP contribution is 2.49. The number of carbonyl (C=O) groups excluding carboxylic acids is 1. The molecule has 7 rings (SSSR count). The molecular formula is C37H46ClN5O4S. The summed E-state index contributed by atoms with van der Waals surface area (Å²) in [5.41, 5.74) is 3.04. The third-order valence-corrected chi connectivity index (χ3v) is 14.1. The van der Waals surface area contributed by atoms with Crippen LogP contribution in [-0.4, -0.2) is 68.6 Å². The maximum absolute atomic E-state index is 13.9. The predicted octanol–water partition coefficient (Wildman–Crippen LogP) is 5.86. The van der Waals surface area contributed by atoms with Gasteiger partial charge in [0.25, 0.3) is 5.91 Å². The number of fused-ring (bicyclic) bond motifs is 4. The van der Waals surface area contributed by atoms with Crippen molar-refractivity contribution in [3.63, 3.8) is 0 Å². The Labute approximate surface area is 289 Å². The lowest BCUT2D eigenvalue weighted by Crippen LogP contribution is -2.54. The lowest BCUT2D eigenvalue weighted by molar-refractivity contribution is -0.0869. The van der Waals surface area contributed by atoms with Gasteiger partial charge in [-0.05, 0) is 111 Å². The summed E-state index contributed by atoms with van der Waals surface area (Å²) in [6.45, 7) is 6.53. The number of hydrogen-bond acceptors (Lipinski definition) is 7. The number of nitrogens with zero attached hydrogens (tertiary/aromatic N) is 4. The first-order valence-electron chi connectivity index (χ1n) is 17.1. The van der Waals surface area contributed by atoms with Crippen LogP contribution in [-0.2, 0) is 32.8 Å². The van der Waals surface area contributed by atoms with Crippen LogP contribution in [0.1, 0.15) is 67.4 Å². The van der Waals surface area contributed by atoms with Crippen molar-refractivity contribution < 1.29 is 18.5 Å². The van der Waals surface area contributed by atoms with Gasteiger partial charge < -0.3 is 14.4 Å². The average Bonchev–Trinajstić information content (AvgIpc) is 3.51. The van der Waals surface area contributed by atoms with Gasteiger partial charge in [-0.1, -0.05) is 42.0 Å². The van der Waals surface area contributed by atoms with E-state index in [4.69, 9.17) is 21.1 Å². The van der Waals surface area contributed by atoms with E-state index in [1.165, 1.54) is 11.1 Å². The number of aromatic nitrogens is 3. The second kappa shape index (κ2) is 12.8. The van der Waals surface area contributed by atoms with Crippen molar-refractivity contribution >= 4 is 38.8 Å². The molecule has 2 aliphatic heterocycles. The van der Waals surface area contributed by atoms with Gasteiger partial charge in [-0.3, -0.25) is 9.52 Å². The zero-order valence-corrected chi connectivity index (χ0v) is 29.6. The molecule has 1 spiro atoms. The Morgan fingerprint density at radius 2 is 2.06 bits per heavy atom. The maximum Gasteiger partial charge on any atom is 0.262 e. The molecule has 1 N–H and O–H groups in total. The minimum Gasteiger partial charge on any atom is -0.490 e. The first-order chi connectivity index (χ1) is 23.0. The van der Waals surface area contributed by atoms with Gasteiger partial charge in [0.15, 0.2) is 0 Å². The first-order valence-corrected chi connectivity index (χ1v) is 19.3. The van der Waals surface area contributed by atoms with Crippen molar-refractivity contribution in [3.05, 3.63) is 82.7 Å². The number of benzene rings is 2. The van der Waals surface area contributed by atoms with Crippen LogP contribution in [0.3, 0.4) is 0 Å². The Morgan fingerprint density at radius 1 is 1.21 bits per heavy atom. The quantitative estimate of drug-likeness (QED) is 0.271. The molecule has 3 heterocycles. The van der Waals surface area contributed by atoms with Crippen LogP contribution in [0.4, 0.5) is 5.69 Å². The minimum atomic E-state index is -2.96. The summed E-state index contributed by atoms with van der Waals surface area (Å²) in [4.78, 5) is 16.1. The first kappa shape index (κ1) is 33.2. The molecule has 1 saturated carbocycles. The number of anilines is 1. The molecule has 48 heavy (non-hydrogen) atoms. The minimum absolute atomic E-state index is 0.00190. The Hall–Kier alpha value is -3.34. The van der Waals surface area contributed by atoms with E-state index in [0.717, 1.165) is 61.7 Å². The number of carbonyl (C=O) groups is 1. The average molecular weight is 692 g/mol. The van der Waals surface area contributed by atoms with Crippen LogP contribution >= 0.6 is 11.6 Å². The van der Waals surface area contributed by atoms with Crippen molar-refractivity contribution in [2.45, 2.75) is 75.2 Å². The van der Waals surface area contributed by atoms with Crippen LogP contribution < -0.4 is 14.4 Å². The number of allylic oxidation sites excluding steroid dienone is 1. The monoisotopic (exact) mass is 691 g/mol. The SMILES string of the molecule is C=S1(=O)NC(=O)c2ccc3c(c2)N(C[C@@H]2CC[C@H]2[C@](Cn2ccnn2)(OC)/C=C/C[C@H](C)[C@H]1C)C[C@@]1(CCCc2cc(Cl)ccc21)CO3. The largest absolute Gasteiger partial charge is 0.490 e. The van der Waals surface area contributed by atoms with E-state index in [1.807, 2.05) is 36.0 Å². The molecule has 2 bridgehead atoms. The number of rotatable bonds is 3. The summed E-state index contributed by atoms with van der Waals surface area (Å²) in [7, 11) is -1.17. The van der Waals surface area contributed by atoms with E-state index in [-0.39, 0.29) is 28.4 Å². The highest BCUT2D eigenvalue weighted by Gasteiger charge is 2.49. The number of ether oxygens (including phenoxy) is 2. The molecule has 1 fully saturated rings. The van der Waals surface area contributed by atoms with Crippen molar-refractivity contribution in [2.75, 3.05) is 31.7 Å². The van der Waals surface area contributed by atoms with Crippen LogP contribution in [0.5, 0.6) is 5.75 Å². The Bertz CT molecular complexity index is 1810. The second-order valence-corrected chi connectivity index (χ2v) is 17.3. The number of amides is 1. The van der Waals surface area contributed by atoms with E-state index >= 15 is 0 Å². The molecule has 1 unspecified atom stereocenters. The predicted molar refractivity (Wildman–Crippen MR) is 191 cm³/mol. The molecule has 1 aromatic heterocycles. The molecule has 0 radical (unpaired) electrons. The number of hydrogen-bond donors (Lipinski definition) is 1. The highest BCUT2D eigenvalue weighted by atomic mass is 35.5. The number of nitrogens with one attached hydrogen (secondary N) is 1. The van der Waals surface area contributed by atoms with Gasteiger partial charge in [-0.2, -0.15) is 0 Å². The third kappa shape index (κ3) is 6.05.